The van der Waals surface area contributed by atoms with Crippen LogP contribution in [0.1, 0.15) is 56.4 Å². The topological polar surface area (TPSA) is 37.8 Å². The highest BCUT2D eigenvalue weighted by molar-refractivity contribution is 5.94. The first-order valence-corrected chi connectivity index (χ1v) is 11.1. The van der Waals surface area contributed by atoms with Crippen molar-refractivity contribution in [3.63, 3.8) is 0 Å². The van der Waals surface area contributed by atoms with E-state index in [1.54, 1.807) is 0 Å². The molecule has 0 spiro atoms. The molecular weight excluding hydrogens is 354 g/mol. The molecule has 4 rings (SSSR count). The fourth-order valence-electron chi connectivity index (χ4n) is 4.61. The van der Waals surface area contributed by atoms with Gasteiger partial charge in [-0.3, -0.25) is 4.98 Å². The largest absolute Gasteiger partial charge is 0.367 e. The van der Waals surface area contributed by atoms with Crippen molar-refractivity contribution in [3.05, 3.63) is 65.6 Å². The van der Waals surface area contributed by atoms with Gasteiger partial charge in [-0.15, -0.1) is 0 Å². The molecular formula is C26H33N3. The van der Waals surface area contributed by atoms with Crippen LogP contribution in [0.15, 0.2) is 48.8 Å². The van der Waals surface area contributed by atoms with Gasteiger partial charge in [0.05, 0.1) is 0 Å². The second-order valence-electron chi connectivity index (χ2n) is 8.99. The molecule has 3 heteroatoms. The molecule has 0 radical (unpaired) electrons. The molecule has 2 heterocycles. The molecule has 3 nitrogen and oxygen atoms in total. The molecule has 0 saturated heterocycles. The fourth-order valence-corrected chi connectivity index (χ4v) is 4.61. The van der Waals surface area contributed by atoms with Crippen LogP contribution >= 0.6 is 0 Å². The lowest BCUT2D eigenvalue weighted by Gasteiger charge is -2.31. The molecule has 152 valence electrons. The third-order valence-electron chi connectivity index (χ3n) is 6.59. The number of hydrogen-bond donors (Lipinski definition) is 1. The lowest BCUT2D eigenvalue weighted by Crippen LogP contribution is -2.28. The van der Waals surface area contributed by atoms with Gasteiger partial charge in [-0.1, -0.05) is 44.2 Å². The van der Waals surface area contributed by atoms with E-state index in [0.29, 0.717) is 6.04 Å². The van der Waals surface area contributed by atoms with Crippen LogP contribution in [0, 0.1) is 18.8 Å². The Labute approximate surface area is 175 Å². The number of anilines is 1. The van der Waals surface area contributed by atoms with E-state index in [2.05, 4.69) is 66.7 Å². The smallest absolute Gasteiger partial charge is 0.134 e. The Hall–Kier alpha value is -2.42. The van der Waals surface area contributed by atoms with Gasteiger partial charge in [-0.25, -0.2) is 4.98 Å². The van der Waals surface area contributed by atoms with Crippen LogP contribution < -0.4 is 5.32 Å². The lowest BCUT2D eigenvalue weighted by atomic mass is 9.79. The number of aromatic nitrogens is 2. The standard InChI is InChI=1S/C26H33N3/c1-18(2)21-12-14-23(15-13-21)29-26-25-7-5-4-6-24(25)22(17-28-26)11-10-20-9-8-19(3)27-16-20/h4-9,16-18,21,23H,10-15H2,1-3H3,(H,28,29). The Morgan fingerprint density at radius 3 is 2.34 bits per heavy atom. The van der Waals surface area contributed by atoms with E-state index in [1.165, 1.54) is 47.6 Å². The van der Waals surface area contributed by atoms with Gasteiger partial charge in [0.1, 0.15) is 5.82 Å². The van der Waals surface area contributed by atoms with E-state index in [4.69, 9.17) is 4.98 Å². The Morgan fingerprint density at radius 1 is 0.897 bits per heavy atom. The summed E-state index contributed by atoms with van der Waals surface area (Å²) in [6.45, 7) is 6.75. The number of hydrogen-bond acceptors (Lipinski definition) is 3. The highest BCUT2D eigenvalue weighted by atomic mass is 15.0. The number of aryl methyl sites for hydroxylation is 3. The maximum atomic E-state index is 4.85. The summed E-state index contributed by atoms with van der Waals surface area (Å²) in [6.07, 6.45) is 11.2. The average molecular weight is 388 g/mol. The summed E-state index contributed by atoms with van der Waals surface area (Å²) < 4.78 is 0. The maximum Gasteiger partial charge on any atom is 0.134 e. The number of fused-ring (bicyclic) bond motifs is 1. The molecule has 0 bridgehead atoms. The summed E-state index contributed by atoms with van der Waals surface area (Å²) in [5.41, 5.74) is 3.66. The van der Waals surface area contributed by atoms with Crippen molar-refractivity contribution in [2.75, 3.05) is 5.32 Å². The summed E-state index contributed by atoms with van der Waals surface area (Å²) >= 11 is 0. The van der Waals surface area contributed by atoms with Crippen LogP contribution in [0.5, 0.6) is 0 Å². The molecule has 3 aromatic rings. The van der Waals surface area contributed by atoms with Crippen molar-refractivity contribution < 1.29 is 0 Å². The van der Waals surface area contributed by atoms with Crippen LogP contribution in [0.4, 0.5) is 5.82 Å². The average Bonchev–Trinajstić information content (AvgIpc) is 2.75. The van der Waals surface area contributed by atoms with E-state index in [-0.39, 0.29) is 0 Å². The molecule has 1 fully saturated rings. The molecule has 2 aromatic heterocycles. The molecule has 29 heavy (non-hydrogen) atoms. The molecule has 0 atom stereocenters. The van der Waals surface area contributed by atoms with Gasteiger partial charge in [-0.2, -0.15) is 0 Å². The quantitative estimate of drug-likeness (QED) is 0.535. The minimum atomic E-state index is 0.547. The number of pyridine rings is 2. The van der Waals surface area contributed by atoms with Crippen molar-refractivity contribution in [2.24, 2.45) is 11.8 Å². The van der Waals surface area contributed by atoms with Crippen LogP contribution in [0.3, 0.4) is 0 Å². The third kappa shape index (κ3) is 4.77. The van der Waals surface area contributed by atoms with Gasteiger partial charge in [0.25, 0.3) is 0 Å². The number of nitrogens with zero attached hydrogens (tertiary/aromatic N) is 2. The Balaban J connectivity index is 1.49. The predicted octanol–water partition coefficient (Wildman–Crippen LogP) is 6.35. The summed E-state index contributed by atoms with van der Waals surface area (Å²) in [7, 11) is 0. The van der Waals surface area contributed by atoms with E-state index >= 15 is 0 Å². The van der Waals surface area contributed by atoms with E-state index in [9.17, 15) is 0 Å². The van der Waals surface area contributed by atoms with Crippen molar-refractivity contribution in [3.8, 4) is 0 Å². The molecule has 1 N–H and O–H groups in total. The summed E-state index contributed by atoms with van der Waals surface area (Å²) in [4.78, 5) is 9.28. The Kier molecular flexibility index (Phi) is 6.13. The molecule has 1 saturated carbocycles. The van der Waals surface area contributed by atoms with E-state index < -0.39 is 0 Å². The summed E-state index contributed by atoms with van der Waals surface area (Å²) in [5.74, 6) is 2.74. The van der Waals surface area contributed by atoms with Crippen molar-refractivity contribution >= 4 is 16.6 Å². The van der Waals surface area contributed by atoms with Gasteiger partial charge in [0.15, 0.2) is 0 Å². The Morgan fingerprint density at radius 2 is 1.66 bits per heavy atom. The van der Waals surface area contributed by atoms with E-state index in [0.717, 1.165) is 36.2 Å². The first-order chi connectivity index (χ1) is 14.1. The highest BCUT2D eigenvalue weighted by Gasteiger charge is 2.23. The zero-order valence-electron chi connectivity index (χ0n) is 18.0. The van der Waals surface area contributed by atoms with E-state index in [1.807, 2.05) is 13.1 Å². The molecule has 1 aromatic carbocycles. The van der Waals surface area contributed by atoms with Gasteiger partial charge in [0, 0.05) is 29.5 Å². The van der Waals surface area contributed by atoms with Gasteiger partial charge >= 0.3 is 0 Å². The van der Waals surface area contributed by atoms with Gasteiger partial charge < -0.3 is 5.32 Å². The first kappa shape index (κ1) is 19.9. The molecule has 0 unspecified atom stereocenters. The van der Waals surface area contributed by atoms with Crippen LogP contribution in [0.25, 0.3) is 10.8 Å². The number of rotatable bonds is 6. The summed E-state index contributed by atoms with van der Waals surface area (Å²) in [5, 5.41) is 6.34. The minimum absolute atomic E-state index is 0.547. The number of benzene rings is 1. The fraction of sp³-hybridized carbons (Fsp3) is 0.462. The summed E-state index contributed by atoms with van der Waals surface area (Å²) in [6, 6.07) is 13.5. The highest BCUT2D eigenvalue weighted by Crippen LogP contribution is 2.33. The monoisotopic (exact) mass is 387 g/mol. The number of nitrogens with one attached hydrogen (secondary N) is 1. The minimum Gasteiger partial charge on any atom is -0.367 e. The van der Waals surface area contributed by atoms with Gasteiger partial charge in [0.2, 0.25) is 0 Å². The molecule has 0 amide bonds. The lowest BCUT2D eigenvalue weighted by molar-refractivity contribution is 0.267. The third-order valence-corrected chi connectivity index (χ3v) is 6.59. The second kappa shape index (κ2) is 8.94. The van der Waals surface area contributed by atoms with Gasteiger partial charge in [-0.05, 0) is 79.9 Å². The zero-order chi connectivity index (χ0) is 20.2. The van der Waals surface area contributed by atoms with Crippen LogP contribution in [0.2, 0.25) is 0 Å². The maximum absolute atomic E-state index is 4.85. The SMILES string of the molecule is Cc1ccc(CCc2cnc(NC3CCC(C(C)C)CC3)c3ccccc23)cn1. The predicted molar refractivity (Wildman–Crippen MR) is 122 cm³/mol. The van der Waals surface area contributed by atoms with Crippen LogP contribution in [-0.2, 0) is 12.8 Å². The van der Waals surface area contributed by atoms with Crippen molar-refractivity contribution in [1.82, 2.24) is 9.97 Å². The molecule has 0 aliphatic heterocycles. The van der Waals surface area contributed by atoms with Crippen molar-refractivity contribution in [2.45, 2.75) is 65.3 Å². The van der Waals surface area contributed by atoms with Crippen molar-refractivity contribution in [1.29, 1.82) is 0 Å². The molecule has 1 aliphatic rings. The normalized spacial score (nSPS) is 19.6. The zero-order valence-corrected chi connectivity index (χ0v) is 18.0. The Bertz CT molecular complexity index is 938. The van der Waals surface area contributed by atoms with Crippen LogP contribution in [-0.4, -0.2) is 16.0 Å². The molecule has 1 aliphatic carbocycles. The first-order valence-electron chi connectivity index (χ1n) is 11.1. The second-order valence-corrected chi connectivity index (χ2v) is 8.99.